The maximum atomic E-state index is 12.2. The molecule has 1 saturated carbocycles. The quantitative estimate of drug-likeness (QED) is 0.738. The smallest absolute Gasteiger partial charge is 0.326 e. The first-order valence-corrected chi connectivity index (χ1v) is 7.74. The summed E-state index contributed by atoms with van der Waals surface area (Å²) in [5, 5.41) is 3.23. The number of hydrogen-bond acceptors (Lipinski definition) is 5. The number of rotatable bonds is 6. The van der Waals surface area contributed by atoms with Crippen LogP contribution in [0.2, 0.25) is 0 Å². The van der Waals surface area contributed by atoms with Gasteiger partial charge in [-0.25, -0.2) is 0 Å². The van der Waals surface area contributed by atoms with Gasteiger partial charge in [-0.15, -0.1) is 0 Å². The fourth-order valence-corrected chi connectivity index (χ4v) is 3.68. The number of likely N-dealkylation sites (N-methyl/N-ethyl adjacent to an activating group) is 1. The molecule has 0 amide bonds. The van der Waals surface area contributed by atoms with E-state index in [0.29, 0.717) is 18.6 Å². The molecule has 0 aromatic carbocycles. The van der Waals surface area contributed by atoms with Crippen molar-refractivity contribution in [2.24, 2.45) is 5.92 Å². The van der Waals surface area contributed by atoms with Crippen LogP contribution in [0.3, 0.4) is 0 Å². The second-order valence-electron chi connectivity index (χ2n) is 6.05. The highest BCUT2D eigenvalue weighted by atomic mass is 16.5. The molecule has 2 aliphatic rings. The highest BCUT2D eigenvalue weighted by molar-refractivity contribution is 5.81. The Labute approximate surface area is 122 Å². The summed E-state index contributed by atoms with van der Waals surface area (Å²) in [4.78, 5) is 14.7. The number of likely N-dealkylation sites (tertiary alicyclic amines) is 1. The lowest BCUT2D eigenvalue weighted by atomic mass is 9.97. The molecule has 0 aromatic rings. The average molecular weight is 284 g/mol. The van der Waals surface area contributed by atoms with Crippen molar-refractivity contribution in [1.29, 1.82) is 0 Å². The van der Waals surface area contributed by atoms with Crippen molar-refractivity contribution in [1.82, 2.24) is 10.2 Å². The molecule has 2 rings (SSSR count). The highest BCUT2D eigenvalue weighted by Gasteiger charge is 2.47. The third kappa shape index (κ3) is 3.15. The van der Waals surface area contributed by atoms with Crippen LogP contribution in [0.25, 0.3) is 0 Å². The highest BCUT2D eigenvalue weighted by Crippen LogP contribution is 2.36. The van der Waals surface area contributed by atoms with E-state index >= 15 is 0 Å². The van der Waals surface area contributed by atoms with Crippen LogP contribution in [0.5, 0.6) is 0 Å². The second-order valence-corrected chi connectivity index (χ2v) is 6.05. The number of nitrogens with zero attached hydrogens (tertiary/aromatic N) is 1. The van der Waals surface area contributed by atoms with Crippen molar-refractivity contribution in [3.63, 3.8) is 0 Å². The third-order valence-electron chi connectivity index (χ3n) is 4.87. The first-order valence-electron chi connectivity index (χ1n) is 7.74. The van der Waals surface area contributed by atoms with E-state index in [9.17, 15) is 4.79 Å². The van der Waals surface area contributed by atoms with Gasteiger partial charge in [0.05, 0.1) is 13.2 Å². The van der Waals surface area contributed by atoms with Gasteiger partial charge in [0.25, 0.3) is 0 Å². The Morgan fingerprint density at radius 2 is 2.25 bits per heavy atom. The van der Waals surface area contributed by atoms with E-state index in [1.165, 1.54) is 6.42 Å². The summed E-state index contributed by atoms with van der Waals surface area (Å²) in [5.41, 5.74) is -0.472. The Balaban J connectivity index is 1.92. The van der Waals surface area contributed by atoms with Crippen LogP contribution >= 0.6 is 0 Å². The van der Waals surface area contributed by atoms with E-state index in [2.05, 4.69) is 10.2 Å². The molecule has 116 valence electrons. The molecule has 1 N–H and O–H groups in total. The Kier molecular flexibility index (Phi) is 5.41. The Bertz CT molecular complexity index is 337. The van der Waals surface area contributed by atoms with Gasteiger partial charge in [0.15, 0.2) is 0 Å². The van der Waals surface area contributed by atoms with Crippen molar-refractivity contribution in [3.8, 4) is 0 Å². The summed E-state index contributed by atoms with van der Waals surface area (Å²) < 4.78 is 10.5. The minimum absolute atomic E-state index is 0.0855. The lowest BCUT2D eigenvalue weighted by Gasteiger charge is -2.29. The van der Waals surface area contributed by atoms with Gasteiger partial charge in [-0.3, -0.25) is 9.69 Å². The van der Waals surface area contributed by atoms with Gasteiger partial charge in [0.2, 0.25) is 0 Å². The molecular weight excluding hydrogens is 256 g/mol. The van der Waals surface area contributed by atoms with E-state index < -0.39 is 5.54 Å². The molecule has 0 aromatic heterocycles. The SMILES string of the molecule is CCOC(=O)C1(NC)CCC(N2CCC(COC)C2)C1. The van der Waals surface area contributed by atoms with E-state index in [0.717, 1.165) is 39.0 Å². The standard InChI is InChI=1S/C15H28N2O3/c1-4-20-14(18)15(16-2)7-5-13(9-15)17-8-6-12(10-17)11-19-3/h12-13,16H,4-11H2,1-3H3. The van der Waals surface area contributed by atoms with Gasteiger partial charge in [-0.1, -0.05) is 0 Å². The lowest BCUT2D eigenvalue weighted by Crippen LogP contribution is -2.50. The lowest BCUT2D eigenvalue weighted by molar-refractivity contribution is -0.151. The molecule has 5 nitrogen and oxygen atoms in total. The molecule has 20 heavy (non-hydrogen) atoms. The molecule has 1 aliphatic heterocycles. The van der Waals surface area contributed by atoms with Crippen LogP contribution in [0.1, 0.15) is 32.6 Å². The monoisotopic (exact) mass is 284 g/mol. The van der Waals surface area contributed by atoms with Crippen molar-refractivity contribution < 1.29 is 14.3 Å². The summed E-state index contributed by atoms with van der Waals surface area (Å²) in [5.74, 6) is 0.560. The minimum Gasteiger partial charge on any atom is -0.465 e. The Morgan fingerprint density at radius 3 is 2.90 bits per heavy atom. The normalized spacial score (nSPS) is 34.5. The van der Waals surface area contributed by atoms with Crippen molar-refractivity contribution >= 4 is 5.97 Å². The number of methoxy groups -OCH3 is 1. The van der Waals surface area contributed by atoms with Gasteiger partial charge in [0.1, 0.15) is 5.54 Å². The molecule has 3 unspecified atom stereocenters. The van der Waals surface area contributed by atoms with Crippen LogP contribution in [-0.4, -0.2) is 62.9 Å². The molecule has 3 atom stereocenters. The first-order chi connectivity index (χ1) is 9.65. The van der Waals surface area contributed by atoms with Crippen LogP contribution in [0, 0.1) is 5.92 Å². The summed E-state index contributed by atoms with van der Waals surface area (Å²) in [7, 11) is 3.64. The van der Waals surface area contributed by atoms with E-state index in [1.807, 2.05) is 14.0 Å². The molecule has 1 aliphatic carbocycles. The maximum absolute atomic E-state index is 12.2. The summed E-state index contributed by atoms with van der Waals surface area (Å²) in [6, 6.07) is 0.494. The molecule has 0 spiro atoms. The Hall–Kier alpha value is -0.650. The number of nitrogens with one attached hydrogen (secondary N) is 1. The predicted molar refractivity (Wildman–Crippen MR) is 77.6 cm³/mol. The molecule has 1 heterocycles. The predicted octanol–water partition coefficient (Wildman–Crippen LogP) is 1.03. The van der Waals surface area contributed by atoms with Crippen LogP contribution in [0.15, 0.2) is 0 Å². The first kappa shape index (κ1) is 15.7. The average Bonchev–Trinajstić information content (AvgIpc) is 3.06. The zero-order valence-corrected chi connectivity index (χ0v) is 13.0. The largest absolute Gasteiger partial charge is 0.465 e. The fraction of sp³-hybridized carbons (Fsp3) is 0.933. The van der Waals surface area contributed by atoms with E-state index in [1.54, 1.807) is 7.11 Å². The second kappa shape index (κ2) is 6.87. The van der Waals surface area contributed by atoms with Crippen LogP contribution < -0.4 is 5.32 Å². The number of carbonyl (C=O) groups excluding carboxylic acids is 1. The summed E-state index contributed by atoms with van der Waals surface area (Å²) >= 11 is 0. The van der Waals surface area contributed by atoms with Gasteiger partial charge in [-0.05, 0) is 52.1 Å². The fourth-order valence-electron chi connectivity index (χ4n) is 3.68. The maximum Gasteiger partial charge on any atom is 0.326 e. The molecule has 2 fully saturated rings. The zero-order valence-electron chi connectivity index (χ0n) is 13.0. The molecular formula is C15H28N2O3. The van der Waals surface area contributed by atoms with E-state index in [4.69, 9.17) is 9.47 Å². The van der Waals surface area contributed by atoms with Crippen LogP contribution in [-0.2, 0) is 14.3 Å². The van der Waals surface area contributed by atoms with E-state index in [-0.39, 0.29) is 5.97 Å². The molecule has 0 radical (unpaired) electrons. The topological polar surface area (TPSA) is 50.8 Å². The number of carbonyl (C=O) groups is 1. The van der Waals surface area contributed by atoms with Gasteiger partial charge in [0, 0.05) is 19.7 Å². The van der Waals surface area contributed by atoms with Crippen LogP contribution in [0.4, 0.5) is 0 Å². The minimum atomic E-state index is -0.472. The van der Waals surface area contributed by atoms with Gasteiger partial charge >= 0.3 is 5.97 Å². The zero-order chi connectivity index (χ0) is 14.6. The molecule has 1 saturated heterocycles. The summed E-state index contributed by atoms with van der Waals surface area (Å²) in [6.07, 6.45) is 4.01. The number of esters is 1. The van der Waals surface area contributed by atoms with Gasteiger partial charge in [-0.2, -0.15) is 0 Å². The Morgan fingerprint density at radius 1 is 1.45 bits per heavy atom. The third-order valence-corrected chi connectivity index (χ3v) is 4.87. The van der Waals surface area contributed by atoms with Crippen molar-refractivity contribution in [2.75, 3.05) is 40.5 Å². The number of ether oxygens (including phenoxy) is 2. The van der Waals surface area contributed by atoms with Crippen molar-refractivity contribution in [2.45, 2.75) is 44.2 Å². The molecule has 0 bridgehead atoms. The number of hydrogen-bond donors (Lipinski definition) is 1. The molecule has 5 heteroatoms. The van der Waals surface area contributed by atoms with Crippen molar-refractivity contribution in [3.05, 3.63) is 0 Å². The summed E-state index contributed by atoms with van der Waals surface area (Å²) in [6.45, 7) is 5.39. The van der Waals surface area contributed by atoms with Gasteiger partial charge < -0.3 is 14.8 Å².